The Morgan fingerprint density at radius 2 is 0.553 bits per heavy atom. The highest BCUT2D eigenvalue weighted by Gasteiger charge is 2.34. The smallest absolute Gasteiger partial charge is 0.144 e. The fraction of sp³-hybridized carbons (Fsp3) is 1.00. The van der Waals surface area contributed by atoms with Gasteiger partial charge in [-0.05, 0) is 83.2 Å². The summed E-state index contributed by atoms with van der Waals surface area (Å²) >= 11 is 8.48. The molecule has 2 nitrogen and oxygen atoms in total. The van der Waals surface area contributed by atoms with Crippen molar-refractivity contribution in [1.82, 2.24) is 0 Å². The first kappa shape index (κ1) is 38.9. The Bertz CT molecular complexity index is 411. The van der Waals surface area contributed by atoms with Gasteiger partial charge >= 0.3 is 0 Å². The number of quaternary nitrogens is 2. The fourth-order valence-corrected chi connectivity index (χ4v) is 8.11. The molecular weight excluding hydrogens is 596 g/mol. The van der Waals surface area contributed by atoms with E-state index in [0.29, 0.717) is 9.90 Å². The molecule has 0 heterocycles. The summed E-state index contributed by atoms with van der Waals surface area (Å²) in [7, 11) is 0. The molecule has 0 N–H and O–H groups in total. The van der Waals surface area contributed by atoms with Gasteiger partial charge in [0.25, 0.3) is 0 Å². The van der Waals surface area contributed by atoms with Gasteiger partial charge in [-0.25, -0.2) is 0 Å². The number of rotatable bonds is 29. The summed E-state index contributed by atoms with van der Waals surface area (Å²) in [4.78, 5) is 1.31. The second-order valence-corrected chi connectivity index (χ2v) is 14.6. The monoisotopic (exact) mass is 666 g/mol. The zero-order valence-corrected chi connectivity index (χ0v) is 30.4. The summed E-state index contributed by atoms with van der Waals surface area (Å²) in [5.41, 5.74) is 0. The van der Waals surface area contributed by atoms with Gasteiger partial charge in [0.15, 0.2) is 0 Å². The highest BCUT2D eigenvalue weighted by atomic mass is 79.9. The van der Waals surface area contributed by atoms with Crippen molar-refractivity contribution in [3.63, 3.8) is 0 Å². The molecule has 0 aromatic heterocycles. The van der Waals surface area contributed by atoms with Gasteiger partial charge in [0.05, 0.1) is 39.3 Å². The van der Waals surface area contributed by atoms with Crippen molar-refractivity contribution in [3.8, 4) is 0 Å². The molecule has 0 saturated heterocycles. The Kier molecular flexibility index (Phi) is 26.2. The van der Waals surface area contributed by atoms with Gasteiger partial charge in [0, 0.05) is 12.8 Å². The molecule has 0 rings (SSSR count). The molecule has 0 bridgehead atoms. The summed E-state index contributed by atoms with van der Waals surface area (Å²) in [5, 5.41) is 0. The lowest BCUT2D eigenvalue weighted by Crippen LogP contribution is -2.54. The minimum absolute atomic E-state index is 0.654. The summed E-state index contributed by atoms with van der Waals surface area (Å²) in [6.07, 6.45) is 27.4. The molecule has 0 fully saturated rings. The van der Waals surface area contributed by atoms with Gasteiger partial charge in [-0.3, -0.25) is 0 Å². The van der Waals surface area contributed by atoms with Gasteiger partial charge in [0.1, 0.15) is 9.90 Å². The number of unbranched alkanes of at least 4 members (excludes halogenated alkanes) is 11. The van der Waals surface area contributed by atoms with Gasteiger partial charge in [0.2, 0.25) is 0 Å². The summed E-state index contributed by atoms with van der Waals surface area (Å²) < 4.78 is 2.66. The van der Waals surface area contributed by atoms with E-state index in [1.54, 1.807) is 0 Å². The molecular formula is C34H72Br2N2+2. The van der Waals surface area contributed by atoms with Crippen LogP contribution in [0.5, 0.6) is 0 Å². The molecule has 2 atom stereocenters. The van der Waals surface area contributed by atoms with Crippen molar-refractivity contribution < 1.29 is 8.97 Å². The lowest BCUT2D eigenvalue weighted by atomic mass is 10.1. The van der Waals surface area contributed by atoms with Crippen molar-refractivity contribution in [3.05, 3.63) is 0 Å². The minimum atomic E-state index is 0.654. The van der Waals surface area contributed by atoms with E-state index in [-0.39, 0.29) is 0 Å². The van der Waals surface area contributed by atoms with E-state index in [4.69, 9.17) is 0 Å². The minimum Gasteiger partial charge on any atom is -0.312 e. The van der Waals surface area contributed by atoms with Gasteiger partial charge in [-0.1, -0.05) is 106 Å². The maximum Gasteiger partial charge on any atom is 0.144 e. The van der Waals surface area contributed by atoms with Gasteiger partial charge < -0.3 is 8.97 Å². The van der Waals surface area contributed by atoms with Crippen LogP contribution in [-0.2, 0) is 0 Å². The van der Waals surface area contributed by atoms with Crippen LogP contribution in [-0.4, -0.2) is 58.1 Å². The van der Waals surface area contributed by atoms with Gasteiger partial charge in [-0.15, -0.1) is 0 Å². The number of hydrogen-bond acceptors (Lipinski definition) is 0. The van der Waals surface area contributed by atoms with Crippen molar-refractivity contribution in [2.75, 3.05) is 39.3 Å². The van der Waals surface area contributed by atoms with Gasteiger partial charge in [-0.2, -0.15) is 0 Å². The molecule has 0 radical (unpaired) electrons. The third-order valence-corrected chi connectivity index (χ3v) is 11.7. The summed E-state index contributed by atoms with van der Waals surface area (Å²) in [6, 6.07) is 0. The van der Waals surface area contributed by atoms with Crippen LogP contribution < -0.4 is 0 Å². The predicted molar refractivity (Wildman–Crippen MR) is 182 cm³/mol. The largest absolute Gasteiger partial charge is 0.312 e. The number of hydrogen-bond donors (Lipinski definition) is 0. The standard InChI is InChI=1S/C34H72Br2N2/c1-7-13-27-37(28-14-8-2,29-15-9-3)33(35)25-23-21-19-20-22-24-26-34(36)38(30-16-10-4,31-17-11-5)32-18-12-6/h33-34H,7-32H2,1-6H3/q+2. The average Bonchev–Trinajstić information content (AvgIpc) is 2.93. The van der Waals surface area contributed by atoms with E-state index < -0.39 is 0 Å². The maximum absolute atomic E-state index is 4.24. The first-order valence-corrected chi connectivity index (χ1v) is 19.2. The van der Waals surface area contributed by atoms with Crippen molar-refractivity contribution in [1.29, 1.82) is 0 Å². The van der Waals surface area contributed by atoms with E-state index in [0.717, 1.165) is 0 Å². The molecule has 4 heteroatoms. The molecule has 230 valence electrons. The Morgan fingerprint density at radius 3 is 0.763 bits per heavy atom. The zero-order valence-electron chi connectivity index (χ0n) is 27.2. The Hall–Kier alpha value is 0.880. The lowest BCUT2D eigenvalue weighted by Gasteiger charge is -2.43. The van der Waals surface area contributed by atoms with Crippen LogP contribution in [0.25, 0.3) is 0 Å². The predicted octanol–water partition coefficient (Wildman–Crippen LogP) is 12.0. The van der Waals surface area contributed by atoms with Crippen LogP contribution in [0.4, 0.5) is 0 Å². The molecule has 0 aliphatic carbocycles. The third kappa shape index (κ3) is 16.4. The maximum atomic E-state index is 4.24. The molecule has 38 heavy (non-hydrogen) atoms. The molecule has 0 aliphatic rings. The van der Waals surface area contributed by atoms with Crippen molar-refractivity contribution in [2.24, 2.45) is 0 Å². The average molecular weight is 669 g/mol. The molecule has 2 unspecified atom stereocenters. The molecule has 0 aliphatic heterocycles. The first-order chi connectivity index (χ1) is 18.4. The van der Waals surface area contributed by atoms with E-state index in [1.807, 2.05) is 0 Å². The number of alkyl halides is 2. The highest BCUT2D eigenvalue weighted by Crippen LogP contribution is 2.30. The van der Waals surface area contributed by atoms with E-state index in [9.17, 15) is 0 Å². The summed E-state index contributed by atoms with van der Waals surface area (Å²) in [5.74, 6) is 0. The van der Waals surface area contributed by atoms with Crippen LogP contribution in [0.2, 0.25) is 0 Å². The number of halogens is 2. The molecule has 0 spiro atoms. The van der Waals surface area contributed by atoms with Crippen LogP contribution in [0.3, 0.4) is 0 Å². The van der Waals surface area contributed by atoms with Crippen molar-refractivity contribution >= 4 is 31.9 Å². The van der Waals surface area contributed by atoms with E-state index in [2.05, 4.69) is 73.4 Å². The van der Waals surface area contributed by atoms with E-state index in [1.165, 1.54) is 177 Å². The van der Waals surface area contributed by atoms with Crippen LogP contribution in [0.1, 0.15) is 170 Å². The zero-order chi connectivity index (χ0) is 28.5. The van der Waals surface area contributed by atoms with Crippen LogP contribution >= 0.6 is 31.9 Å². The van der Waals surface area contributed by atoms with Crippen LogP contribution in [0.15, 0.2) is 0 Å². The quantitative estimate of drug-likeness (QED) is 0.0322. The Balaban J connectivity index is 4.59. The Morgan fingerprint density at radius 1 is 0.342 bits per heavy atom. The van der Waals surface area contributed by atoms with Crippen LogP contribution in [0, 0.1) is 0 Å². The first-order valence-electron chi connectivity index (χ1n) is 17.4. The summed E-state index contributed by atoms with van der Waals surface area (Å²) in [6.45, 7) is 22.4. The fourth-order valence-electron chi connectivity index (χ4n) is 6.23. The number of nitrogens with zero attached hydrogens (tertiary/aromatic N) is 2. The highest BCUT2D eigenvalue weighted by molar-refractivity contribution is 9.09. The molecule has 0 aromatic rings. The normalized spacial score (nSPS) is 14.2. The molecule has 0 aromatic carbocycles. The second-order valence-electron chi connectivity index (χ2n) is 12.5. The Labute approximate surface area is 258 Å². The third-order valence-electron chi connectivity index (χ3n) is 9.07. The second kappa shape index (κ2) is 25.6. The van der Waals surface area contributed by atoms with E-state index >= 15 is 0 Å². The molecule has 0 amide bonds. The molecule has 0 saturated carbocycles. The van der Waals surface area contributed by atoms with Crippen molar-refractivity contribution in [2.45, 2.75) is 180 Å². The lowest BCUT2D eigenvalue weighted by molar-refractivity contribution is -0.937. The SMILES string of the molecule is CCCC[N+](CCCC)(CCCC)C(Br)CCCCCCCCC(Br)[N+](CCCC)(CCCC)CCCC. The topological polar surface area (TPSA) is 0 Å².